The van der Waals surface area contributed by atoms with Crippen molar-refractivity contribution in [1.29, 1.82) is 0 Å². The molecule has 6 heteroatoms. The van der Waals surface area contributed by atoms with Gasteiger partial charge in [-0.2, -0.15) is 0 Å². The van der Waals surface area contributed by atoms with Gasteiger partial charge in [-0.15, -0.1) is 14.8 Å². The van der Waals surface area contributed by atoms with Gasteiger partial charge in [0.15, 0.2) is 11.5 Å². The van der Waals surface area contributed by atoms with Crippen molar-refractivity contribution < 1.29 is 0 Å². The molecule has 102 valence electrons. The van der Waals surface area contributed by atoms with Crippen molar-refractivity contribution in [2.24, 2.45) is 5.92 Å². The number of nitrogens with zero attached hydrogens (tertiary/aromatic N) is 6. The summed E-state index contributed by atoms with van der Waals surface area (Å²) in [6, 6.07) is 4.51. The number of hydrogen-bond acceptors (Lipinski definition) is 5. The second-order valence-electron chi connectivity index (χ2n) is 5.35. The lowest BCUT2D eigenvalue weighted by Gasteiger charge is -2.38. The third kappa shape index (κ3) is 2.27. The van der Waals surface area contributed by atoms with Crippen LogP contribution in [0.2, 0.25) is 0 Å². The Bertz CT molecular complexity index is 551. The van der Waals surface area contributed by atoms with Crippen molar-refractivity contribution in [3.63, 3.8) is 0 Å². The molecule has 1 fully saturated rings. The fourth-order valence-electron chi connectivity index (χ4n) is 3.17. The van der Waals surface area contributed by atoms with E-state index in [0.717, 1.165) is 11.7 Å². The van der Waals surface area contributed by atoms with Gasteiger partial charge in [0, 0.05) is 13.1 Å². The number of hydrogen-bond donors (Lipinski definition) is 0. The maximum atomic E-state index is 4.49. The van der Waals surface area contributed by atoms with E-state index in [4.69, 9.17) is 0 Å². The van der Waals surface area contributed by atoms with Gasteiger partial charge in [0.2, 0.25) is 0 Å². The Hall–Kier alpha value is -1.72. The zero-order valence-corrected chi connectivity index (χ0v) is 11.5. The molecule has 1 aliphatic rings. The molecule has 1 aliphatic carbocycles. The first-order valence-electron chi connectivity index (χ1n) is 7.08. The monoisotopic (exact) mass is 260 g/mol. The number of fused-ring (bicyclic) bond motifs is 1. The summed E-state index contributed by atoms with van der Waals surface area (Å²) in [5, 5.41) is 15.9. The molecule has 3 rings (SSSR count). The van der Waals surface area contributed by atoms with Crippen molar-refractivity contribution in [1.82, 2.24) is 25.3 Å². The summed E-state index contributed by atoms with van der Waals surface area (Å²) in [5.41, 5.74) is 0.688. The molecule has 0 N–H and O–H groups in total. The third-order valence-electron chi connectivity index (χ3n) is 4.31. The van der Waals surface area contributed by atoms with Gasteiger partial charge >= 0.3 is 0 Å². The number of anilines is 1. The Morgan fingerprint density at radius 2 is 2.16 bits per heavy atom. The van der Waals surface area contributed by atoms with Crippen LogP contribution in [-0.2, 0) is 0 Å². The number of tetrazole rings is 1. The van der Waals surface area contributed by atoms with Gasteiger partial charge in [-0.3, -0.25) is 0 Å². The molecular weight excluding hydrogens is 240 g/mol. The molecule has 0 radical (unpaired) electrons. The fourth-order valence-corrected chi connectivity index (χ4v) is 3.17. The average molecular weight is 260 g/mol. The van der Waals surface area contributed by atoms with E-state index < -0.39 is 0 Å². The van der Waals surface area contributed by atoms with Crippen LogP contribution in [0.5, 0.6) is 0 Å². The van der Waals surface area contributed by atoms with E-state index in [2.05, 4.69) is 39.5 Å². The zero-order valence-electron chi connectivity index (χ0n) is 11.5. The van der Waals surface area contributed by atoms with E-state index in [-0.39, 0.29) is 0 Å². The summed E-state index contributed by atoms with van der Waals surface area (Å²) in [4.78, 5) is 2.30. The van der Waals surface area contributed by atoms with E-state index >= 15 is 0 Å². The summed E-state index contributed by atoms with van der Waals surface area (Å²) in [5.74, 6) is 1.72. The quantitative estimate of drug-likeness (QED) is 0.844. The molecule has 6 nitrogen and oxygen atoms in total. The average Bonchev–Trinajstić information content (AvgIpc) is 2.93. The van der Waals surface area contributed by atoms with E-state index in [1.807, 2.05) is 12.1 Å². The van der Waals surface area contributed by atoms with E-state index in [9.17, 15) is 0 Å². The molecule has 1 saturated carbocycles. The first kappa shape index (κ1) is 12.3. The highest BCUT2D eigenvalue weighted by Gasteiger charge is 2.27. The smallest absolute Gasteiger partial charge is 0.200 e. The SMILES string of the molecule is CC[C@@H]1CCCC[C@@H]1N(C)c1ccc2nnnn2n1. The van der Waals surface area contributed by atoms with Crippen LogP contribution < -0.4 is 4.90 Å². The highest BCUT2D eigenvalue weighted by molar-refractivity contribution is 5.44. The van der Waals surface area contributed by atoms with Gasteiger partial charge < -0.3 is 4.90 Å². The molecule has 0 spiro atoms. The van der Waals surface area contributed by atoms with Crippen LogP contribution in [0, 0.1) is 5.92 Å². The second-order valence-corrected chi connectivity index (χ2v) is 5.35. The maximum Gasteiger partial charge on any atom is 0.200 e. The van der Waals surface area contributed by atoms with E-state index in [1.54, 1.807) is 0 Å². The van der Waals surface area contributed by atoms with Gasteiger partial charge in [0.25, 0.3) is 0 Å². The fraction of sp³-hybridized carbons (Fsp3) is 0.692. The van der Waals surface area contributed by atoms with Gasteiger partial charge in [0.1, 0.15) is 0 Å². The predicted molar refractivity (Wildman–Crippen MR) is 73.0 cm³/mol. The minimum Gasteiger partial charge on any atom is -0.355 e. The molecule has 0 aromatic carbocycles. The highest BCUT2D eigenvalue weighted by Crippen LogP contribution is 2.31. The Labute approximate surface area is 112 Å². The van der Waals surface area contributed by atoms with Gasteiger partial charge in [-0.25, -0.2) is 0 Å². The molecule has 0 amide bonds. The van der Waals surface area contributed by atoms with Gasteiger partial charge in [-0.05, 0) is 41.3 Å². The number of aromatic nitrogens is 5. The molecule has 19 heavy (non-hydrogen) atoms. The summed E-state index contributed by atoms with van der Waals surface area (Å²) in [6.07, 6.45) is 6.51. The van der Waals surface area contributed by atoms with Crippen molar-refractivity contribution >= 4 is 11.5 Å². The summed E-state index contributed by atoms with van der Waals surface area (Å²) in [7, 11) is 2.14. The molecule has 0 aliphatic heterocycles. The van der Waals surface area contributed by atoms with Crippen molar-refractivity contribution in [3.05, 3.63) is 12.1 Å². The summed E-state index contributed by atoms with van der Waals surface area (Å²) in [6.45, 7) is 2.29. The first-order chi connectivity index (χ1) is 9.29. The number of rotatable bonds is 3. The van der Waals surface area contributed by atoms with Crippen LogP contribution in [0.1, 0.15) is 39.0 Å². The highest BCUT2D eigenvalue weighted by atomic mass is 15.6. The zero-order chi connectivity index (χ0) is 13.2. The molecule has 2 aromatic rings. The second kappa shape index (κ2) is 5.11. The standard InChI is InChI=1S/C13H20N6/c1-3-10-6-4-5-7-11(10)18(2)13-9-8-12-14-16-17-19(12)15-13/h8-11H,3-7H2,1-2H3/t10-,11+/m1/s1. The van der Waals surface area contributed by atoms with Crippen molar-refractivity contribution in [3.8, 4) is 0 Å². The van der Waals surface area contributed by atoms with Crippen LogP contribution >= 0.6 is 0 Å². The summed E-state index contributed by atoms with van der Waals surface area (Å²) < 4.78 is 1.50. The predicted octanol–water partition coefficient (Wildman–Crippen LogP) is 1.92. The van der Waals surface area contributed by atoms with Crippen LogP contribution in [0.25, 0.3) is 5.65 Å². The van der Waals surface area contributed by atoms with Gasteiger partial charge in [-0.1, -0.05) is 26.2 Å². The van der Waals surface area contributed by atoms with E-state index in [1.165, 1.54) is 36.7 Å². The lowest BCUT2D eigenvalue weighted by atomic mass is 9.82. The molecule has 0 bridgehead atoms. The normalized spacial score (nSPS) is 23.7. The van der Waals surface area contributed by atoms with Crippen LogP contribution in [0.3, 0.4) is 0 Å². The van der Waals surface area contributed by atoms with Crippen molar-refractivity contribution in [2.75, 3.05) is 11.9 Å². The molecule has 2 aromatic heterocycles. The van der Waals surface area contributed by atoms with Gasteiger partial charge in [0.05, 0.1) is 0 Å². The Kier molecular flexibility index (Phi) is 3.31. The molecule has 2 heterocycles. The topological polar surface area (TPSA) is 59.2 Å². The lowest BCUT2D eigenvalue weighted by molar-refractivity contribution is 0.291. The summed E-state index contributed by atoms with van der Waals surface area (Å²) >= 11 is 0. The van der Waals surface area contributed by atoms with Crippen LogP contribution in [-0.4, -0.2) is 38.3 Å². The Balaban J connectivity index is 1.86. The molecule has 2 atom stereocenters. The maximum absolute atomic E-state index is 4.49. The molecular formula is C13H20N6. The molecule has 0 saturated heterocycles. The van der Waals surface area contributed by atoms with Crippen LogP contribution in [0.15, 0.2) is 12.1 Å². The van der Waals surface area contributed by atoms with Crippen LogP contribution in [0.4, 0.5) is 5.82 Å². The third-order valence-corrected chi connectivity index (χ3v) is 4.31. The molecule has 0 unspecified atom stereocenters. The van der Waals surface area contributed by atoms with E-state index in [0.29, 0.717) is 11.7 Å². The Morgan fingerprint density at radius 1 is 1.32 bits per heavy atom. The lowest BCUT2D eigenvalue weighted by Crippen LogP contribution is -2.40. The largest absolute Gasteiger partial charge is 0.355 e. The minimum absolute atomic E-state index is 0.584. The Morgan fingerprint density at radius 3 is 3.00 bits per heavy atom. The minimum atomic E-state index is 0.584. The van der Waals surface area contributed by atoms with Crippen molar-refractivity contribution in [2.45, 2.75) is 45.1 Å². The first-order valence-corrected chi connectivity index (χ1v) is 7.08.